The minimum atomic E-state index is -0.984. The van der Waals surface area contributed by atoms with Crippen LogP contribution in [0.4, 0.5) is 0 Å². The molecule has 0 spiro atoms. The van der Waals surface area contributed by atoms with Crippen LogP contribution >= 0.6 is 0 Å². The van der Waals surface area contributed by atoms with Crippen LogP contribution in [-0.4, -0.2) is 42.1 Å². The lowest BCUT2D eigenvalue weighted by Crippen LogP contribution is -2.36. The number of carbonyl (C=O) groups excluding carboxylic acids is 1. The molecular formula is C16H23NO4. The molecule has 1 unspecified atom stereocenters. The lowest BCUT2D eigenvalue weighted by molar-refractivity contribution is -0.144. The van der Waals surface area contributed by atoms with Crippen LogP contribution in [0.15, 0.2) is 24.3 Å². The van der Waals surface area contributed by atoms with Crippen LogP contribution in [0.25, 0.3) is 0 Å². The Morgan fingerprint density at radius 1 is 1.33 bits per heavy atom. The molecule has 0 bridgehead atoms. The Kier molecular flexibility index (Phi) is 6.72. The summed E-state index contributed by atoms with van der Waals surface area (Å²) in [4.78, 5) is 24.5. The van der Waals surface area contributed by atoms with Gasteiger partial charge in [-0.3, -0.25) is 9.59 Å². The standard InChI is InChI=1S/C16H23NO4/c1-4-9-17(11-16(19)20)15(18)10-12(2)13-7-5-6-8-14(13)21-3/h5-8,12H,4,9-11H2,1-3H3,(H,19,20). The van der Waals surface area contributed by atoms with Crippen molar-refractivity contribution >= 4 is 11.9 Å². The molecule has 1 amide bonds. The van der Waals surface area contributed by atoms with E-state index >= 15 is 0 Å². The summed E-state index contributed by atoms with van der Waals surface area (Å²) in [6.45, 7) is 4.08. The fourth-order valence-electron chi connectivity index (χ4n) is 2.30. The third kappa shape index (κ3) is 5.10. The Hall–Kier alpha value is -2.04. The molecule has 1 aromatic carbocycles. The van der Waals surface area contributed by atoms with Crippen LogP contribution < -0.4 is 4.74 Å². The monoisotopic (exact) mass is 293 g/mol. The van der Waals surface area contributed by atoms with Crippen molar-refractivity contribution in [3.8, 4) is 5.75 Å². The second-order valence-corrected chi connectivity index (χ2v) is 5.06. The molecule has 0 aromatic heterocycles. The van der Waals surface area contributed by atoms with Crippen LogP contribution in [0, 0.1) is 0 Å². The number of methoxy groups -OCH3 is 1. The van der Waals surface area contributed by atoms with E-state index in [4.69, 9.17) is 9.84 Å². The average Bonchev–Trinajstić information content (AvgIpc) is 2.46. The second-order valence-electron chi connectivity index (χ2n) is 5.06. The summed E-state index contributed by atoms with van der Waals surface area (Å²) in [5.41, 5.74) is 0.958. The molecule has 1 atom stereocenters. The molecule has 0 saturated carbocycles. The predicted molar refractivity (Wildman–Crippen MR) is 80.5 cm³/mol. The van der Waals surface area contributed by atoms with Gasteiger partial charge in [0.15, 0.2) is 0 Å². The maximum absolute atomic E-state index is 12.3. The van der Waals surface area contributed by atoms with Gasteiger partial charge in [0.2, 0.25) is 5.91 Å². The van der Waals surface area contributed by atoms with Crippen LogP contribution in [0.3, 0.4) is 0 Å². The largest absolute Gasteiger partial charge is 0.496 e. The number of benzene rings is 1. The summed E-state index contributed by atoms with van der Waals surface area (Å²) in [5, 5.41) is 8.88. The van der Waals surface area contributed by atoms with Gasteiger partial charge in [-0.2, -0.15) is 0 Å². The minimum Gasteiger partial charge on any atom is -0.496 e. The lowest BCUT2D eigenvalue weighted by atomic mass is 9.96. The third-order valence-corrected chi connectivity index (χ3v) is 3.32. The number of aliphatic carboxylic acids is 1. The topological polar surface area (TPSA) is 66.8 Å². The van der Waals surface area contributed by atoms with Crippen molar-refractivity contribution in [3.05, 3.63) is 29.8 Å². The number of hydrogen-bond acceptors (Lipinski definition) is 3. The van der Waals surface area contributed by atoms with Crippen molar-refractivity contribution in [2.75, 3.05) is 20.2 Å². The van der Waals surface area contributed by atoms with Gasteiger partial charge in [0, 0.05) is 13.0 Å². The van der Waals surface area contributed by atoms with Crippen LogP contribution in [0.1, 0.15) is 38.2 Å². The van der Waals surface area contributed by atoms with Crippen LogP contribution in [0.5, 0.6) is 5.75 Å². The van der Waals surface area contributed by atoms with Gasteiger partial charge < -0.3 is 14.7 Å². The maximum Gasteiger partial charge on any atom is 0.323 e. The van der Waals surface area contributed by atoms with E-state index in [0.29, 0.717) is 6.54 Å². The van der Waals surface area contributed by atoms with E-state index in [-0.39, 0.29) is 24.8 Å². The first-order chi connectivity index (χ1) is 9.99. The lowest BCUT2D eigenvalue weighted by Gasteiger charge is -2.22. The molecule has 1 rings (SSSR count). The molecule has 1 N–H and O–H groups in total. The molecule has 1 aromatic rings. The Morgan fingerprint density at radius 3 is 2.57 bits per heavy atom. The molecule has 21 heavy (non-hydrogen) atoms. The zero-order valence-electron chi connectivity index (χ0n) is 12.8. The van der Waals surface area contributed by atoms with Gasteiger partial charge in [-0.15, -0.1) is 0 Å². The summed E-state index contributed by atoms with van der Waals surface area (Å²) in [7, 11) is 1.60. The molecule has 0 aliphatic rings. The molecule has 5 nitrogen and oxygen atoms in total. The van der Waals surface area contributed by atoms with E-state index in [0.717, 1.165) is 17.7 Å². The molecule has 116 valence electrons. The molecule has 0 aliphatic heterocycles. The number of hydrogen-bond donors (Lipinski definition) is 1. The van der Waals surface area contributed by atoms with Gasteiger partial charge in [-0.1, -0.05) is 32.0 Å². The Balaban J connectivity index is 2.77. The van der Waals surface area contributed by atoms with Gasteiger partial charge in [-0.05, 0) is 24.0 Å². The Bertz CT molecular complexity index is 487. The number of para-hydroxylation sites is 1. The molecule has 0 aliphatic carbocycles. The van der Waals surface area contributed by atoms with Crippen molar-refractivity contribution in [3.63, 3.8) is 0 Å². The summed E-state index contributed by atoms with van der Waals surface area (Å²) in [6.07, 6.45) is 1.01. The fraction of sp³-hybridized carbons (Fsp3) is 0.500. The number of rotatable bonds is 8. The minimum absolute atomic E-state index is 0.0261. The van der Waals surface area contributed by atoms with E-state index < -0.39 is 5.97 Å². The highest BCUT2D eigenvalue weighted by atomic mass is 16.5. The van der Waals surface area contributed by atoms with Crippen molar-refractivity contribution in [1.82, 2.24) is 4.90 Å². The highest BCUT2D eigenvalue weighted by Gasteiger charge is 2.20. The van der Waals surface area contributed by atoms with Gasteiger partial charge in [0.05, 0.1) is 7.11 Å². The van der Waals surface area contributed by atoms with E-state index in [1.165, 1.54) is 4.90 Å². The SMILES string of the molecule is CCCN(CC(=O)O)C(=O)CC(C)c1ccccc1OC. The zero-order chi connectivity index (χ0) is 15.8. The third-order valence-electron chi connectivity index (χ3n) is 3.32. The van der Waals surface area contributed by atoms with Crippen LogP contribution in [0.2, 0.25) is 0 Å². The van der Waals surface area contributed by atoms with Crippen molar-refractivity contribution < 1.29 is 19.4 Å². The first kappa shape index (κ1) is 17.0. The first-order valence-electron chi connectivity index (χ1n) is 7.12. The number of carboxylic acids is 1. The van der Waals surface area contributed by atoms with Crippen molar-refractivity contribution in [2.24, 2.45) is 0 Å². The second kappa shape index (κ2) is 8.29. The normalized spacial score (nSPS) is 11.8. The van der Waals surface area contributed by atoms with E-state index in [1.807, 2.05) is 38.1 Å². The zero-order valence-corrected chi connectivity index (χ0v) is 12.8. The quantitative estimate of drug-likeness (QED) is 0.799. The summed E-state index contributed by atoms with van der Waals surface area (Å²) < 4.78 is 5.30. The molecule has 0 heterocycles. The van der Waals surface area contributed by atoms with E-state index in [2.05, 4.69) is 0 Å². The molecular weight excluding hydrogens is 270 g/mol. The summed E-state index contributed by atoms with van der Waals surface area (Å²) >= 11 is 0. The Labute approximate surface area is 125 Å². The molecule has 5 heteroatoms. The average molecular weight is 293 g/mol. The van der Waals surface area contributed by atoms with Gasteiger partial charge in [0.1, 0.15) is 12.3 Å². The number of ether oxygens (including phenoxy) is 1. The fourth-order valence-corrected chi connectivity index (χ4v) is 2.30. The predicted octanol–water partition coefficient (Wildman–Crippen LogP) is 2.51. The Morgan fingerprint density at radius 2 is 2.00 bits per heavy atom. The number of carboxylic acid groups (broad SMARTS) is 1. The molecule has 0 radical (unpaired) electrons. The maximum atomic E-state index is 12.3. The highest BCUT2D eigenvalue weighted by Crippen LogP contribution is 2.28. The number of nitrogens with zero attached hydrogens (tertiary/aromatic N) is 1. The van der Waals surface area contributed by atoms with Gasteiger partial charge in [0.25, 0.3) is 0 Å². The molecule has 0 saturated heterocycles. The summed E-state index contributed by atoms with van der Waals surface area (Å²) in [5.74, 6) is -0.403. The van der Waals surface area contributed by atoms with Gasteiger partial charge >= 0.3 is 5.97 Å². The van der Waals surface area contributed by atoms with Crippen LogP contribution in [-0.2, 0) is 9.59 Å². The van der Waals surface area contributed by atoms with E-state index in [1.54, 1.807) is 7.11 Å². The summed E-state index contributed by atoms with van der Waals surface area (Å²) in [6, 6.07) is 7.57. The number of carbonyl (C=O) groups is 2. The van der Waals surface area contributed by atoms with Crippen molar-refractivity contribution in [2.45, 2.75) is 32.6 Å². The van der Waals surface area contributed by atoms with Gasteiger partial charge in [-0.25, -0.2) is 0 Å². The number of amides is 1. The van der Waals surface area contributed by atoms with E-state index in [9.17, 15) is 9.59 Å². The molecule has 0 fully saturated rings. The van der Waals surface area contributed by atoms with Crippen molar-refractivity contribution in [1.29, 1.82) is 0 Å². The highest BCUT2D eigenvalue weighted by molar-refractivity contribution is 5.82. The first-order valence-corrected chi connectivity index (χ1v) is 7.12. The smallest absolute Gasteiger partial charge is 0.323 e.